The lowest BCUT2D eigenvalue weighted by molar-refractivity contribution is 0.0919. The summed E-state index contributed by atoms with van der Waals surface area (Å²) in [5.74, 6) is -0.124. The Labute approximate surface area is 97.2 Å². The van der Waals surface area contributed by atoms with Gasteiger partial charge in [-0.2, -0.15) is 0 Å². The van der Waals surface area contributed by atoms with Crippen molar-refractivity contribution in [2.45, 2.75) is 13.0 Å². The molecule has 0 radical (unpaired) electrons. The molecule has 0 aromatic carbocycles. The number of halogens is 1. The number of rotatable bonds is 0. The van der Waals surface area contributed by atoms with Gasteiger partial charge in [0.2, 0.25) is 0 Å². The lowest BCUT2D eigenvalue weighted by Gasteiger charge is -2.23. The monoisotopic (exact) mass is 235 g/mol. The van der Waals surface area contributed by atoms with Crippen LogP contribution in [0.3, 0.4) is 0 Å². The highest BCUT2D eigenvalue weighted by Gasteiger charge is 2.28. The fourth-order valence-electron chi connectivity index (χ4n) is 2.15. The predicted molar refractivity (Wildman–Crippen MR) is 61.8 cm³/mol. The van der Waals surface area contributed by atoms with Crippen molar-refractivity contribution in [3.05, 3.63) is 29.0 Å². The number of pyridine rings is 1. The molecular weight excluding hydrogens is 226 g/mol. The summed E-state index contributed by atoms with van der Waals surface area (Å²) in [6, 6.07) is 3.89. The molecule has 16 heavy (non-hydrogen) atoms. The van der Waals surface area contributed by atoms with Crippen LogP contribution in [0.15, 0.2) is 18.3 Å². The van der Waals surface area contributed by atoms with Crippen LogP contribution >= 0.6 is 11.6 Å². The van der Waals surface area contributed by atoms with E-state index in [0.29, 0.717) is 17.3 Å². The SMILES string of the molecule is C[C@@H]1CNC(=O)c2c(Cl)c3cccnc3n21. The zero-order valence-electron chi connectivity index (χ0n) is 8.70. The van der Waals surface area contributed by atoms with Crippen molar-refractivity contribution in [1.29, 1.82) is 0 Å². The maximum atomic E-state index is 11.8. The smallest absolute Gasteiger partial charge is 0.269 e. The molecule has 0 saturated carbocycles. The summed E-state index contributed by atoms with van der Waals surface area (Å²) in [7, 11) is 0. The van der Waals surface area contributed by atoms with Gasteiger partial charge in [-0.15, -0.1) is 0 Å². The number of fused-ring (bicyclic) bond motifs is 3. The van der Waals surface area contributed by atoms with Gasteiger partial charge in [0.15, 0.2) is 0 Å². The summed E-state index contributed by atoms with van der Waals surface area (Å²) in [4.78, 5) is 16.1. The summed E-state index contributed by atoms with van der Waals surface area (Å²) < 4.78 is 1.91. The average molecular weight is 236 g/mol. The van der Waals surface area contributed by atoms with E-state index in [1.54, 1.807) is 6.20 Å². The van der Waals surface area contributed by atoms with Crippen LogP contribution in [-0.2, 0) is 0 Å². The van der Waals surface area contributed by atoms with Crippen LogP contribution in [0.1, 0.15) is 23.5 Å². The van der Waals surface area contributed by atoms with Crippen LogP contribution in [0, 0.1) is 0 Å². The molecule has 0 aliphatic carbocycles. The van der Waals surface area contributed by atoms with Crippen LogP contribution in [0.2, 0.25) is 5.02 Å². The van der Waals surface area contributed by atoms with Gasteiger partial charge in [0, 0.05) is 18.1 Å². The molecule has 1 aliphatic heterocycles. The van der Waals surface area contributed by atoms with E-state index >= 15 is 0 Å². The molecule has 0 saturated heterocycles. The highest BCUT2D eigenvalue weighted by atomic mass is 35.5. The van der Waals surface area contributed by atoms with E-state index in [1.807, 2.05) is 23.6 Å². The Balaban J connectivity index is 2.46. The van der Waals surface area contributed by atoms with Crippen molar-refractivity contribution in [2.24, 2.45) is 0 Å². The van der Waals surface area contributed by atoms with E-state index in [4.69, 9.17) is 11.6 Å². The van der Waals surface area contributed by atoms with Gasteiger partial charge in [-0.25, -0.2) is 4.98 Å². The fourth-order valence-corrected chi connectivity index (χ4v) is 2.48. The normalized spacial score (nSPS) is 19.6. The van der Waals surface area contributed by atoms with Crippen molar-refractivity contribution >= 4 is 28.5 Å². The second kappa shape index (κ2) is 3.22. The Kier molecular flexibility index (Phi) is 1.94. The van der Waals surface area contributed by atoms with Crippen molar-refractivity contribution in [3.63, 3.8) is 0 Å². The molecule has 1 amide bonds. The number of carbonyl (C=O) groups excluding carboxylic acids is 1. The Hall–Kier alpha value is -1.55. The van der Waals surface area contributed by atoms with E-state index < -0.39 is 0 Å². The molecule has 0 fully saturated rings. The van der Waals surface area contributed by atoms with E-state index in [9.17, 15) is 4.79 Å². The molecule has 0 spiro atoms. The standard InChI is InChI=1S/C11H10ClN3O/c1-6-5-14-11(16)9-8(12)7-3-2-4-13-10(7)15(6)9/h2-4,6H,5H2,1H3,(H,14,16)/t6-/m1/s1. The number of nitrogens with one attached hydrogen (secondary N) is 1. The Morgan fingerprint density at radius 2 is 2.44 bits per heavy atom. The average Bonchev–Trinajstić information content (AvgIpc) is 2.60. The van der Waals surface area contributed by atoms with Gasteiger partial charge in [-0.05, 0) is 19.1 Å². The first kappa shape index (κ1) is 9.66. The first-order valence-electron chi connectivity index (χ1n) is 5.12. The molecule has 1 atom stereocenters. The molecule has 3 rings (SSSR count). The fraction of sp³-hybridized carbons (Fsp3) is 0.273. The summed E-state index contributed by atoms with van der Waals surface area (Å²) in [5.41, 5.74) is 1.30. The molecule has 4 nitrogen and oxygen atoms in total. The quantitative estimate of drug-likeness (QED) is 0.759. The Bertz CT molecular complexity index is 590. The maximum Gasteiger partial charge on any atom is 0.269 e. The van der Waals surface area contributed by atoms with Crippen molar-refractivity contribution < 1.29 is 4.79 Å². The van der Waals surface area contributed by atoms with Gasteiger partial charge in [-0.3, -0.25) is 4.79 Å². The molecular formula is C11H10ClN3O. The molecule has 0 unspecified atom stereocenters. The zero-order chi connectivity index (χ0) is 11.3. The van der Waals surface area contributed by atoms with E-state index in [-0.39, 0.29) is 11.9 Å². The summed E-state index contributed by atoms with van der Waals surface area (Å²) >= 11 is 6.21. The predicted octanol–water partition coefficient (Wildman–Crippen LogP) is 1.99. The van der Waals surface area contributed by atoms with Crippen LogP contribution in [-0.4, -0.2) is 22.0 Å². The molecule has 1 aliphatic rings. The van der Waals surface area contributed by atoms with Crippen LogP contribution in [0.4, 0.5) is 0 Å². The van der Waals surface area contributed by atoms with Gasteiger partial charge in [0.25, 0.3) is 5.91 Å². The zero-order valence-corrected chi connectivity index (χ0v) is 9.45. The first-order chi connectivity index (χ1) is 7.70. The van der Waals surface area contributed by atoms with Crippen molar-refractivity contribution in [1.82, 2.24) is 14.9 Å². The minimum absolute atomic E-state index is 0.124. The summed E-state index contributed by atoms with van der Waals surface area (Å²) in [5, 5.41) is 4.15. The number of hydrogen-bond acceptors (Lipinski definition) is 2. The summed E-state index contributed by atoms with van der Waals surface area (Å²) in [6.45, 7) is 2.65. The molecule has 82 valence electrons. The van der Waals surface area contributed by atoms with Gasteiger partial charge >= 0.3 is 0 Å². The molecule has 2 aromatic rings. The lowest BCUT2D eigenvalue weighted by Crippen LogP contribution is -2.37. The Morgan fingerprint density at radius 1 is 1.62 bits per heavy atom. The van der Waals surface area contributed by atoms with Crippen molar-refractivity contribution in [3.8, 4) is 0 Å². The number of amides is 1. The van der Waals surface area contributed by atoms with Gasteiger partial charge < -0.3 is 9.88 Å². The lowest BCUT2D eigenvalue weighted by atomic mass is 10.2. The van der Waals surface area contributed by atoms with Crippen LogP contribution in [0.25, 0.3) is 11.0 Å². The molecule has 1 N–H and O–H groups in total. The third-order valence-corrected chi connectivity index (χ3v) is 3.30. The highest BCUT2D eigenvalue weighted by Crippen LogP contribution is 2.33. The second-order valence-corrected chi connectivity index (χ2v) is 4.34. The topological polar surface area (TPSA) is 46.9 Å². The third kappa shape index (κ3) is 1.10. The summed E-state index contributed by atoms with van der Waals surface area (Å²) in [6.07, 6.45) is 1.71. The number of aromatic nitrogens is 2. The van der Waals surface area contributed by atoms with Gasteiger partial charge in [0.1, 0.15) is 11.3 Å². The molecule has 5 heteroatoms. The number of nitrogens with zero attached hydrogens (tertiary/aromatic N) is 2. The van der Waals surface area contributed by atoms with Crippen LogP contribution in [0.5, 0.6) is 0 Å². The highest BCUT2D eigenvalue weighted by molar-refractivity contribution is 6.38. The second-order valence-electron chi connectivity index (χ2n) is 3.97. The van der Waals surface area contributed by atoms with Gasteiger partial charge in [-0.1, -0.05) is 11.6 Å². The number of hydrogen-bond donors (Lipinski definition) is 1. The van der Waals surface area contributed by atoms with E-state index in [1.165, 1.54) is 0 Å². The van der Waals surface area contributed by atoms with Crippen LogP contribution < -0.4 is 5.32 Å². The van der Waals surface area contributed by atoms with E-state index in [2.05, 4.69) is 10.3 Å². The molecule has 0 bridgehead atoms. The van der Waals surface area contributed by atoms with Crippen molar-refractivity contribution in [2.75, 3.05) is 6.54 Å². The minimum Gasteiger partial charge on any atom is -0.349 e. The minimum atomic E-state index is -0.124. The molecule has 2 aromatic heterocycles. The third-order valence-electron chi connectivity index (χ3n) is 2.91. The molecule has 3 heterocycles. The number of carbonyl (C=O) groups is 1. The maximum absolute atomic E-state index is 11.8. The first-order valence-corrected chi connectivity index (χ1v) is 5.50. The largest absolute Gasteiger partial charge is 0.349 e. The Morgan fingerprint density at radius 3 is 3.25 bits per heavy atom. The van der Waals surface area contributed by atoms with Gasteiger partial charge in [0.05, 0.1) is 11.1 Å². The van der Waals surface area contributed by atoms with E-state index in [0.717, 1.165) is 11.0 Å².